The van der Waals surface area contributed by atoms with Crippen molar-refractivity contribution in [2.24, 2.45) is 0 Å². The van der Waals surface area contributed by atoms with E-state index in [1.54, 1.807) is 11.3 Å². The molecule has 2 rings (SSSR count). The molecule has 1 aromatic heterocycles. The quantitative estimate of drug-likeness (QED) is 0.812. The van der Waals surface area contributed by atoms with Gasteiger partial charge in [0.05, 0.1) is 0 Å². The molecule has 0 aliphatic rings. The van der Waals surface area contributed by atoms with Crippen molar-refractivity contribution in [3.05, 3.63) is 55.1 Å². The van der Waals surface area contributed by atoms with Crippen LogP contribution in [0.3, 0.4) is 0 Å². The van der Waals surface area contributed by atoms with Gasteiger partial charge in [-0.15, -0.1) is 11.3 Å². The zero-order valence-electron chi connectivity index (χ0n) is 9.41. The van der Waals surface area contributed by atoms with Crippen LogP contribution in [0.15, 0.2) is 44.7 Å². The zero-order chi connectivity index (χ0) is 12.3. The number of rotatable bonds is 4. The number of nitrogens with one attached hydrogen (secondary N) is 1. The molecule has 1 heterocycles. The van der Waals surface area contributed by atoms with Crippen molar-refractivity contribution in [3.8, 4) is 0 Å². The molecule has 0 saturated carbocycles. The van der Waals surface area contributed by atoms with E-state index in [1.165, 1.54) is 14.9 Å². The molecule has 0 bridgehead atoms. The topological polar surface area (TPSA) is 12.0 Å². The maximum Gasteiger partial charge on any atom is 0.0366 e. The van der Waals surface area contributed by atoms with Gasteiger partial charge >= 0.3 is 0 Å². The first kappa shape index (κ1) is 13.3. The molecule has 0 aliphatic carbocycles. The van der Waals surface area contributed by atoms with Crippen molar-refractivity contribution in [1.29, 1.82) is 0 Å². The summed E-state index contributed by atoms with van der Waals surface area (Å²) in [6, 6.07) is 11.1. The molecule has 2 aromatic rings. The summed E-state index contributed by atoms with van der Waals surface area (Å²) < 4.78 is 2.29. The van der Waals surface area contributed by atoms with Crippen LogP contribution in [0.25, 0.3) is 0 Å². The van der Waals surface area contributed by atoms with Gasteiger partial charge in [-0.05, 0) is 46.7 Å². The lowest BCUT2D eigenvalue weighted by Crippen LogP contribution is -2.18. The van der Waals surface area contributed by atoms with Crippen LogP contribution >= 0.6 is 43.2 Å². The number of halogens is 2. The highest BCUT2D eigenvalue weighted by atomic mass is 79.9. The van der Waals surface area contributed by atoms with Gasteiger partial charge < -0.3 is 5.32 Å². The smallest absolute Gasteiger partial charge is 0.0366 e. The Morgan fingerprint density at radius 3 is 2.41 bits per heavy atom. The highest BCUT2D eigenvalue weighted by Gasteiger charge is 2.11. The predicted octanol–water partition coefficient (Wildman–Crippen LogP) is 4.78. The highest BCUT2D eigenvalue weighted by Crippen LogP contribution is 2.26. The lowest BCUT2D eigenvalue weighted by Gasteiger charge is -2.15. The lowest BCUT2D eigenvalue weighted by molar-refractivity contribution is 0.596. The Morgan fingerprint density at radius 1 is 1.18 bits per heavy atom. The van der Waals surface area contributed by atoms with E-state index in [1.807, 2.05) is 7.05 Å². The summed E-state index contributed by atoms with van der Waals surface area (Å²) in [5, 5.41) is 5.50. The largest absolute Gasteiger partial charge is 0.313 e. The van der Waals surface area contributed by atoms with Crippen LogP contribution in [-0.2, 0) is 6.42 Å². The molecule has 0 radical (unpaired) electrons. The van der Waals surface area contributed by atoms with E-state index in [0.717, 1.165) is 10.9 Å². The van der Waals surface area contributed by atoms with Gasteiger partial charge in [0.1, 0.15) is 0 Å². The SMILES string of the molecule is CNC(Cc1cc(Br)cs1)c1ccc(Br)cc1. The summed E-state index contributed by atoms with van der Waals surface area (Å²) in [4.78, 5) is 1.39. The van der Waals surface area contributed by atoms with Gasteiger partial charge in [0, 0.05) is 31.7 Å². The standard InChI is InChI=1S/C13H13Br2NS/c1-16-13(7-12-6-11(15)8-17-12)9-2-4-10(14)5-3-9/h2-6,8,13,16H,7H2,1H3. The Labute approximate surface area is 123 Å². The first-order valence-corrected chi connectivity index (χ1v) is 7.81. The number of benzene rings is 1. The molecule has 0 amide bonds. The van der Waals surface area contributed by atoms with Gasteiger partial charge in [0.25, 0.3) is 0 Å². The van der Waals surface area contributed by atoms with Crippen molar-refractivity contribution >= 4 is 43.2 Å². The van der Waals surface area contributed by atoms with E-state index in [2.05, 4.69) is 72.9 Å². The zero-order valence-corrected chi connectivity index (χ0v) is 13.4. The molecule has 1 aromatic carbocycles. The van der Waals surface area contributed by atoms with Crippen LogP contribution in [0.1, 0.15) is 16.5 Å². The number of hydrogen-bond acceptors (Lipinski definition) is 2. The van der Waals surface area contributed by atoms with E-state index in [-0.39, 0.29) is 0 Å². The second-order valence-electron chi connectivity index (χ2n) is 3.83. The van der Waals surface area contributed by atoms with Crippen molar-refractivity contribution in [1.82, 2.24) is 5.32 Å². The van der Waals surface area contributed by atoms with Crippen molar-refractivity contribution < 1.29 is 0 Å². The Bertz CT molecular complexity index is 478. The van der Waals surface area contributed by atoms with Gasteiger partial charge in [-0.3, -0.25) is 0 Å². The van der Waals surface area contributed by atoms with Crippen LogP contribution < -0.4 is 5.32 Å². The molecule has 0 saturated heterocycles. The summed E-state index contributed by atoms with van der Waals surface area (Å²) in [6.07, 6.45) is 1.02. The third-order valence-electron chi connectivity index (χ3n) is 2.65. The van der Waals surface area contributed by atoms with Crippen molar-refractivity contribution in [3.63, 3.8) is 0 Å². The summed E-state index contributed by atoms with van der Waals surface area (Å²) >= 11 is 8.75. The molecule has 1 nitrogen and oxygen atoms in total. The molecular formula is C13H13Br2NS. The van der Waals surface area contributed by atoms with Crippen LogP contribution in [0.5, 0.6) is 0 Å². The molecule has 1 N–H and O–H groups in total. The van der Waals surface area contributed by atoms with E-state index in [0.29, 0.717) is 6.04 Å². The second-order valence-corrected chi connectivity index (χ2v) is 6.66. The minimum atomic E-state index is 0.369. The minimum absolute atomic E-state index is 0.369. The van der Waals surface area contributed by atoms with Crippen LogP contribution in [-0.4, -0.2) is 7.05 Å². The lowest BCUT2D eigenvalue weighted by atomic mass is 10.0. The highest BCUT2D eigenvalue weighted by molar-refractivity contribution is 9.10. The van der Waals surface area contributed by atoms with E-state index in [9.17, 15) is 0 Å². The van der Waals surface area contributed by atoms with Crippen molar-refractivity contribution in [2.45, 2.75) is 12.5 Å². The fourth-order valence-corrected chi connectivity index (χ4v) is 3.51. The summed E-state index contributed by atoms with van der Waals surface area (Å²) in [7, 11) is 2.01. The Kier molecular flexibility index (Phi) is 4.79. The molecule has 0 aliphatic heterocycles. The monoisotopic (exact) mass is 373 g/mol. The van der Waals surface area contributed by atoms with Crippen LogP contribution in [0.4, 0.5) is 0 Å². The summed E-state index contributed by atoms with van der Waals surface area (Å²) in [5.74, 6) is 0. The normalized spacial score (nSPS) is 12.6. The second kappa shape index (κ2) is 6.14. The minimum Gasteiger partial charge on any atom is -0.313 e. The van der Waals surface area contributed by atoms with E-state index in [4.69, 9.17) is 0 Å². The number of likely N-dealkylation sites (N-methyl/N-ethyl adjacent to an activating group) is 1. The van der Waals surface area contributed by atoms with Crippen LogP contribution in [0, 0.1) is 0 Å². The Hall–Kier alpha value is -0.160. The predicted molar refractivity (Wildman–Crippen MR) is 81.7 cm³/mol. The van der Waals surface area contributed by atoms with Gasteiger partial charge in [0.2, 0.25) is 0 Å². The Morgan fingerprint density at radius 2 is 1.88 bits per heavy atom. The Balaban J connectivity index is 2.13. The fourth-order valence-electron chi connectivity index (χ4n) is 1.74. The van der Waals surface area contributed by atoms with E-state index >= 15 is 0 Å². The third kappa shape index (κ3) is 3.65. The number of thiophene rings is 1. The summed E-state index contributed by atoms with van der Waals surface area (Å²) in [5.41, 5.74) is 1.32. The average molecular weight is 375 g/mol. The maximum absolute atomic E-state index is 3.49. The first-order valence-electron chi connectivity index (χ1n) is 5.34. The molecule has 1 atom stereocenters. The molecule has 0 fully saturated rings. The third-order valence-corrected chi connectivity index (χ3v) is 4.90. The summed E-state index contributed by atoms with van der Waals surface area (Å²) in [6.45, 7) is 0. The van der Waals surface area contributed by atoms with Gasteiger partial charge in [0.15, 0.2) is 0 Å². The average Bonchev–Trinajstić information content (AvgIpc) is 2.73. The van der Waals surface area contributed by atoms with Crippen molar-refractivity contribution in [2.75, 3.05) is 7.05 Å². The van der Waals surface area contributed by atoms with E-state index < -0.39 is 0 Å². The molecule has 17 heavy (non-hydrogen) atoms. The molecule has 90 valence electrons. The first-order chi connectivity index (χ1) is 8.19. The fraction of sp³-hybridized carbons (Fsp3) is 0.231. The molecule has 1 unspecified atom stereocenters. The molecular weight excluding hydrogens is 362 g/mol. The van der Waals surface area contributed by atoms with Gasteiger partial charge in [-0.2, -0.15) is 0 Å². The molecule has 0 spiro atoms. The molecule has 4 heteroatoms. The van der Waals surface area contributed by atoms with Gasteiger partial charge in [-0.1, -0.05) is 28.1 Å². The van der Waals surface area contributed by atoms with Gasteiger partial charge in [-0.25, -0.2) is 0 Å². The maximum atomic E-state index is 3.49. The van der Waals surface area contributed by atoms with Crippen LogP contribution in [0.2, 0.25) is 0 Å². The number of hydrogen-bond donors (Lipinski definition) is 1.